The van der Waals surface area contributed by atoms with Crippen LogP contribution in [0.15, 0.2) is 54.6 Å². The number of amides is 2. The number of nitrogens with one attached hydrogen (secondary N) is 1. The standard InChI is InChI=1S/C23H24N4O2/c1-16-8-6-7-11-18(16)23(29)27-13-12-20-19(15-27)21(25-26(20)2)22(28)24-14-17-9-4-3-5-10-17/h3-11H,12-15H2,1-2H3,(H,24,28). The van der Waals surface area contributed by atoms with E-state index in [2.05, 4.69) is 10.4 Å². The van der Waals surface area contributed by atoms with Crippen molar-refractivity contribution in [3.05, 3.63) is 88.2 Å². The monoisotopic (exact) mass is 388 g/mol. The van der Waals surface area contributed by atoms with Crippen LogP contribution in [0, 0.1) is 6.92 Å². The van der Waals surface area contributed by atoms with Gasteiger partial charge in [-0.15, -0.1) is 0 Å². The number of rotatable bonds is 4. The smallest absolute Gasteiger partial charge is 0.272 e. The van der Waals surface area contributed by atoms with Gasteiger partial charge in [-0.3, -0.25) is 14.3 Å². The number of aromatic nitrogens is 2. The average Bonchev–Trinajstić information content (AvgIpc) is 3.08. The lowest BCUT2D eigenvalue weighted by Crippen LogP contribution is -2.37. The maximum absolute atomic E-state index is 13.0. The van der Waals surface area contributed by atoms with E-state index in [9.17, 15) is 9.59 Å². The van der Waals surface area contributed by atoms with Gasteiger partial charge >= 0.3 is 0 Å². The van der Waals surface area contributed by atoms with Crippen LogP contribution in [0.4, 0.5) is 0 Å². The van der Waals surface area contributed by atoms with Crippen LogP contribution in [0.2, 0.25) is 0 Å². The molecule has 1 aromatic heterocycles. The number of aryl methyl sites for hydroxylation is 2. The van der Waals surface area contributed by atoms with E-state index in [0.29, 0.717) is 37.3 Å². The molecule has 6 nitrogen and oxygen atoms in total. The molecule has 0 atom stereocenters. The van der Waals surface area contributed by atoms with Gasteiger partial charge < -0.3 is 10.2 Å². The fraction of sp³-hybridized carbons (Fsp3) is 0.261. The molecule has 3 aromatic rings. The molecule has 0 radical (unpaired) electrons. The minimum Gasteiger partial charge on any atom is -0.347 e. The van der Waals surface area contributed by atoms with Gasteiger partial charge in [-0.25, -0.2) is 0 Å². The van der Waals surface area contributed by atoms with Gasteiger partial charge in [0.25, 0.3) is 11.8 Å². The molecule has 2 aromatic carbocycles. The van der Waals surface area contributed by atoms with E-state index in [1.165, 1.54) is 0 Å². The van der Waals surface area contributed by atoms with E-state index in [-0.39, 0.29) is 11.8 Å². The SMILES string of the molecule is Cc1ccccc1C(=O)N1CCc2c(c(C(=O)NCc3ccccc3)nn2C)C1. The number of hydrogen-bond donors (Lipinski definition) is 1. The molecule has 0 aliphatic carbocycles. The first-order valence-electron chi connectivity index (χ1n) is 9.76. The van der Waals surface area contributed by atoms with Crippen LogP contribution in [0.5, 0.6) is 0 Å². The van der Waals surface area contributed by atoms with Crippen LogP contribution in [0.25, 0.3) is 0 Å². The van der Waals surface area contributed by atoms with Crippen molar-refractivity contribution in [3.63, 3.8) is 0 Å². The lowest BCUT2D eigenvalue weighted by Gasteiger charge is -2.28. The van der Waals surface area contributed by atoms with Gasteiger partial charge in [-0.1, -0.05) is 48.5 Å². The van der Waals surface area contributed by atoms with Crippen LogP contribution in [-0.4, -0.2) is 33.0 Å². The molecule has 0 saturated heterocycles. The third kappa shape index (κ3) is 3.78. The first-order valence-corrected chi connectivity index (χ1v) is 9.76. The summed E-state index contributed by atoms with van der Waals surface area (Å²) in [6, 6.07) is 17.4. The highest BCUT2D eigenvalue weighted by Gasteiger charge is 2.30. The Morgan fingerprint density at radius 3 is 2.55 bits per heavy atom. The molecule has 148 valence electrons. The Bertz CT molecular complexity index is 1060. The maximum Gasteiger partial charge on any atom is 0.272 e. The predicted octanol–water partition coefficient (Wildman–Crippen LogP) is 2.86. The quantitative estimate of drug-likeness (QED) is 0.747. The summed E-state index contributed by atoms with van der Waals surface area (Å²) in [5, 5.41) is 7.40. The van der Waals surface area contributed by atoms with Crippen LogP contribution in [-0.2, 0) is 26.6 Å². The van der Waals surface area contributed by atoms with Crippen molar-refractivity contribution in [2.24, 2.45) is 7.05 Å². The number of fused-ring (bicyclic) bond motifs is 1. The van der Waals surface area contributed by atoms with Gasteiger partial charge in [0.2, 0.25) is 0 Å². The van der Waals surface area contributed by atoms with Crippen molar-refractivity contribution < 1.29 is 9.59 Å². The largest absolute Gasteiger partial charge is 0.347 e. The highest BCUT2D eigenvalue weighted by Crippen LogP contribution is 2.24. The second kappa shape index (κ2) is 7.91. The van der Waals surface area contributed by atoms with Crippen LogP contribution >= 0.6 is 0 Å². The van der Waals surface area contributed by atoms with Crippen LogP contribution in [0.1, 0.15) is 43.2 Å². The minimum atomic E-state index is -0.212. The normalized spacial score (nSPS) is 13.1. The van der Waals surface area contributed by atoms with E-state index in [1.54, 1.807) is 9.58 Å². The summed E-state index contributed by atoms with van der Waals surface area (Å²) in [6.07, 6.45) is 0.683. The highest BCUT2D eigenvalue weighted by molar-refractivity contribution is 5.97. The number of nitrogens with zero attached hydrogens (tertiary/aromatic N) is 3. The summed E-state index contributed by atoms with van der Waals surface area (Å²) in [4.78, 5) is 27.6. The zero-order valence-corrected chi connectivity index (χ0v) is 16.7. The van der Waals surface area contributed by atoms with E-state index in [4.69, 9.17) is 0 Å². The topological polar surface area (TPSA) is 67.2 Å². The number of benzene rings is 2. The molecule has 0 unspecified atom stereocenters. The molecule has 0 spiro atoms. The summed E-state index contributed by atoms with van der Waals surface area (Å²) < 4.78 is 1.77. The molecule has 29 heavy (non-hydrogen) atoms. The predicted molar refractivity (Wildman–Crippen MR) is 110 cm³/mol. The number of carbonyl (C=O) groups is 2. The highest BCUT2D eigenvalue weighted by atomic mass is 16.2. The molecule has 2 heterocycles. The summed E-state index contributed by atoms with van der Waals surface area (Å²) in [5.41, 5.74) is 4.95. The van der Waals surface area contributed by atoms with Crippen LogP contribution in [0.3, 0.4) is 0 Å². The average molecular weight is 388 g/mol. The van der Waals surface area contributed by atoms with E-state index < -0.39 is 0 Å². The Hall–Kier alpha value is -3.41. The molecule has 1 aliphatic heterocycles. The minimum absolute atomic E-state index is 0.00625. The zero-order valence-electron chi connectivity index (χ0n) is 16.7. The van der Waals surface area contributed by atoms with Gasteiger partial charge in [0.1, 0.15) is 0 Å². The third-order valence-electron chi connectivity index (χ3n) is 5.42. The summed E-state index contributed by atoms with van der Waals surface area (Å²) in [7, 11) is 1.85. The second-order valence-electron chi connectivity index (χ2n) is 7.36. The summed E-state index contributed by atoms with van der Waals surface area (Å²) >= 11 is 0. The second-order valence-corrected chi connectivity index (χ2v) is 7.36. The molecule has 1 N–H and O–H groups in total. The molecule has 0 saturated carbocycles. The number of carbonyl (C=O) groups excluding carboxylic acids is 2. The molecule has 1 aliphatic rings. The first kappa shape index (κ1) is 18.9. The molecular weight excluding hydrogens is 364 g/mol. The summed E-state index contributed by atoms with van der Waals surface area (Å²) in [6.45, 7) is 3.39. The van der Waals surface area contributed by atoms with Crippen molar-refractivity contribution in [3.8, 4) is 0 Å². The maximum atomic E-state index is 13.0. The van der Waals surface area contributed by atoms with Gasteiger partial charge in [0, 0.05) is 43.4 Å². The Morgan fingerprint density at radius 1 is 1.07 bits per heavy atom. The van der Waals surface area contributed by atoms with Gasteiger partial charge in [-0.2, -0.15) is 5.10 Å². The van der Waals surface area contributed by atoms with Gasteiger partial charge in [0.15, 0.2) is 5.69 Å². The molecular formula is C23H24N4O2. The van der Waals surface area contributed by atoms with E-state index in [0.717, 1.165) is 22.4 Å². The molecule has 0 fully saturated rings. The Labute approximate surface area is 170 Å². The lowest BCUT2D eigenvalue weighted by atomic mass is 10.0. The van der Waals surface area contributed by atoms with Crippen molar-refractivity contribution in [2.45, 2.75) is 26.4 Å². The van der Waals surface area contributed by atoms with Crippen molar-refractivity contribution in [1.29, 1.82) is 0 Å². The van der Waals surface area contributed by atoms with Crippen molar-refractivity contribution >= 4 is 11.8 Å². The Balaban J connectivity index is 1.54. The zero-order chi connectivity index (χ0) is 20.4. The van der Waals surface area contributed by atoms with Crippen molar-refractivity contribution in [1.82, 2.24) is 20.0 Å². The van der Waals surface area contributed by atoms with Crippen molar-refractivity contribution in [2.75, 3.05) is 6.54 Å². The number of hydrogen-bond acceptors (Lipinski definition) is 3. The first-order chi connectivity index (χ1) is 14.0. The Morgan fingerprint density at radius 2 is 1.79 bits per heavy atom. The molecule has 2 amide bonds. The fourth-order valence-corrected chi connectivity index (χ4v) is 3.79. The molecule has 6 heteroatoms. The van der Waals surface area contributed by atoms with Gasteiger partial charge in [-0.05, 0) is 24.1 Å². The van der Waals surface area contributed by atoms with Gasteiger partial charge in [0.05, 0.1) is 6.54 Å². The molecule has 0 bridgehead atoms. The lowest BCUT2D eigenvalue weighted by molar-refractivity contribution is 0.0729. The Kier molecular flexibility index (Phi) is 5.16. The fourth-order valence-electron chi connectivity index (χ4n) is 3.79. The van der Waals surface area contributed by atoms with E-state index >= 15 is 0 Å². The van der Waals surface area contributed by atoms with E-state index in [1.807, 2.05) is 68.6 Å². The third-order valence-corrected chi connectivity index (χ3v) is 5.42. The summed E-state index contributed by atoms with van der Waals surface area (Å²) in [5.74, 6) is -0.218. The molecule has 4 rings (SSSR count). The van der Waals surface area contributed by atoms with Crippen LogP contribution < -0.4 is 5.32 Å².